The first kappa shape index (κ1) is 26.1. The van der Waals surface area contributed by atoms with Gasteiger partial charge in [0.15, 0.2) is 5.82 Å². The van der Waals surface area contributed by atoms with Crippen molar-refractivity contribution in [2.75, 3.05) is 13.7 Å². The van der Waals surface area contributed by atoms with Gasteiger partial charge in [-0.25, -0.2) is 9.97 Å². The standard InChI is InChI=1S/C25H27N5O6/c1-14(24(34)35)11-28-23(33)20-27-13-18(21(31)29-20)22(32)30-25(2,3)17-8-5-15(6-9-17)16-7-10-19(36-4)26-12-16/h5-10,12-14H,11H2,1-4H3,(H,28,33)(H,30,32)(H,34,35)(H,27,29,31)/t14-/m0/s1. The van der Waals surface area contributed by atoms with Crippen LogP contribution in [0.15, 0.2) is 53.6 Å². The number of ether oxygens (including phenoxy) is 1. The molecule has 11 nitrogen and oxygen atoms in total. The van der Waals surface area contributed by atoms with E-state index in [4.69, 9.17) is 9.84 Å². The number of carbonyl (C=O) groups excluding carboxylic acids is 2. The number of pyridine rings is 1. The number of nitrogens with zero attached hydrogens (tertiary/aromatic N) is 2. The maximum atomic E-state index is 12.8. The zero-order valence-corrected chi connectivity index (χ0v) is 20.3. The van der Waals surface area contributed by atoms with Crippen LogP contribution in [0.5, 0.6) is 5.88 Å². The summed E-state index contributed by atoms with van der Waals surface area (Å²) < 4.78 is 5.08. The van der Waals surface area contributed by atoms with E-state index in [0.29, 0.717) is 5.88 Å². The van der Waals surface area contributed by atoms with E-state index in [2.05, 4.69) is 25.6 Å². The Morgan fingerprint density at radius 2 is 1.69 bits per heavy atom. The molecule has 0 radical (unpaired) electrons. The third-order valence-corrected chi connectivity index (χ3v) is 5.56. The van der Waals surface area contributed by atoms with Crippen LogP contribution in [-0.2, 0) is 10.3 Å². The fraction of sp³-hybridized carbons (Fsp3) is 0.280. The summed E-state index contributed by atoms with van der Waals surface area (Å²) in [5, 5.41) is 14.1. The zero-order valence-electron chi connectivity index (χ0n) is 20.3. The average molecular weight is 494 g/mol. The summed E-state index contributed by atoms with van der Waals surface area (Å²) in [5.74, 6) is -3.10. The van der Waals surface area contributed by atoms with E-state index in [1.54, 1.807) is 33.2 Å². The van der Waals surface area contributed by atoms with Gasteiger partial charge in [-0.05, 0) is 31.0 Å². The second-order valence-corrected chi connectivity index (χ2v) is 8.67. The molecule has 0 spiro atoms. The molecule has 4 N–H and O–H groups in total. The Hall–Kier alpha value is -4.54. The Labute approximate surface area is 207 Å². The largest absolute Gasteiger partial charge is 0.481 e. The van der Waals surface area contributed by atoms with Crippen molar-refractivity contribution < 1.29 is 24.2 Å². The lowest BCUT2D eigenvalue weighted by Gasteiger charge is -2.27. The van der Waals surface area contributed by atoms with Gasteiger partial charge >= 0.3 is 5.97 Å². The molecular weight excluding hydrogens is 466 g/mol. The number of carbonyl (C=O) groups is 3. The van der Waals surface area contributed by atoms with Gasteiger partial charge in [-0.3, -0.25) is 19.2 Å². The summed E-state index contributed by atoms with van der Waals surface area (Å²) in [7, 11) is 1.55. The number of methoxy groups -OCH3 is 1. The predicted molar refractivity (Wildman–Crippen MR) is 131 cm³/mol. The number of amides is 2. The Bertz CT molecular complexity index is 1320. The van der Waals surface area contributed by atoms with Gasteiger partial charge in [0.05, 0.1) is 18.6 Å². The van der Waals surface area contributed by atoms with Crippen LogP contribution in [0.25, 0.3) is 11.1 Å². The summed E-state index contributed by atoms with van der Waals surface area (Å²) in [4.78, 5) is 58.6. The third-order valence-electron chi connectivity index (χ3n) is 5.56. The first-order chi connectivity index (χ1) is 17.0. The van der Waals surface area contributed by atoms with E-state index in [1.165, 1.54) is 6.92 Å². The van der Waals surface area contributed by atoms with Crippen LogP contribution < -0.4 is 20.9 Å². The number of hydrogen-bond acceptors (Lipinski definition) is 7. The van der Waals surface area contributed by atoms with Gasteiger partial charge in [0.2, 0.25) is 5.88 Å². The summed E-state index contributed by atoms with van der Waals surface area (Å²) in [6.45, 7) is 4.88. The molecule has 2 aromatic heterocycles. The molecule has 2 amide bonds. The van der Waals surface area contributed by atoms with Gasteiger partial charge < -0.3 is 25.5 Å². The molecule has 11 heteroatoms. The average Bonchev–Trinajstić information content (AvgIpc) is 2.86. The van der Waals surface area contributed by atoms with Crippen LogP contribution in [0.2, 0.25) is 0 Å². The van der Waals surface area contributed by atoms with Gasteiger partial charge in [0.1, 0.15) is 5.56 Å². The highest BCUT2D eigenvalue weighted by molar-refractivity contribution is 5.95. The van der Waals surface area contributed by atoms with Crippen molar-refractivity contribution in [1.82, 2.24) is 25.6 Å². The van der Waals surface area contributed by atoms with Gasteiger partial charge in [-0.2, -0.15) is 0 Å². The Kier molecular flexibility index (Phi) is 7.83. The minimum Gasteiger partial charge on any atom is -0.481 e. The molecule has 0 saturated heterocycles. The Balaban J connectivity index is 1.69. The highest BCUT2D eigenvalue weighted by Gasteiger charge is 2.25. The topological polar surface area (TPSA) is 163 Å². The molecular formula is C25H27N5O6. The second-order valence-electron chi connectivity index (χ2n) is 8.67. The molecule has 2 heterocycles. The first-order valence-corrected chi connectivity index (χ1v) is 11.1. The molecule has 0 aliphatic carbocycles. The van der Waals surface area contributed by atoms with Crippen LogP contribution in [0.3, 0.4) is 0 Å². The van der Waals surface area contributed by atoms with Crippen molar-refractivity contribution in [1.29, 1.82) is 0 Å². The number of H-pyrrole nitrogens is 1. The fourth-order valence-corrected chi connectivity index (χ4v) is 3.26. The van der Waals surface area contributed by atoms with Gasteiger partial charge in [0.25, 0.3) is 17.4 Å². The molecule has 36 heavy (non-hydrogen) atoms. The second kappa shape index (κ2) is 10.8. The highest BCUT2D eigenvalue weighted by atomic mass is 16.5. The fourth-order valence-electron chi connectivity index (χ4n) is 3.26. The number of aromatic nitrogens is 3. The van der Waals surface area contributed by atoms with Crippen molar-refractivity contribution in [2.45, 2.75) is 26.3 Å². The quantitative estimate of drug-likeness (QED) is 0.351. The maximum Gasteiger partial charge on any atom is 0.308 e. The molecule has 0 saturated carbocycles. The third kappa shape index (κ3) is 6.12. The number of aliphatic carboxylic acids is 1. The van der Waals surface area contributed by atoms with Crippen molar-refractivity contribution in [3.8, 4) is 17.0 Å². The van der Waals surface area contributed by atoms with Crippen molar-refractivity contribution >= 4 is 17.8 Å². The van der Waals surface area contributed by atoms with E-state index in [1.807, 2.05) is 30.3 Å². The lowest BCUT2D eigenvalue weighted by molar-refractivity contribution is -0.140. The van der Waals surface area contributed by atoms with Crippen LogP contribution in [0.4, 0.5) is 0 Å². The van der Waals surface area contributed by atoms with E-state index in [0.717, 1.165) is 22.9 Å². The normalized spacial score (nSPS) is 11.9. The lowest BCUT2D eigenvalue weighted by atomic mass is 9.92. The number of carboxylic acids is 1. The lowest BCUT2D eigenvalue weighted by Crippen LogP contribution is -2.43. The highest BCUT2D eigenvalue weighted by Crippen LogP contribution is 2.25. The summed E-state index contributed by atoms with van der Waals surface area (Å²) in [6.07, 6.45) is 2.72. The zero-order chi connectivity index (χ0) is 26.5. The molecule has 188 valence electrons. The summed E-state index contributed by atoms with van der Waals surface area (Å²) in [6, 6.07) is 11.2. The number of hydrogen-bond donors (Lipinski definition) is 4. The SMILES string of the molecule is COc1ccc(-c2ccc(C(C)(C)NC(=O)c3cnc(C(=O)NC[C@H](C)C(=O)O)[nH]c3=O)cc2)cn1. The van der Waals surface area contributed by atoms with E-state index in [-0.39, 0.29) is 17.9 Å². The van der Waals surface area contributed by atoms with Crippen LogP contribution in [0, 0.1) is 5.92 Å². The van der Waals surface area contributed by atoms with Gasteiger partial charge in [-0.1, -0.05) is 31.2 Å². The number of rotatable bonds is 9. The molecule has 0 aliphatic heterocycles. The molecule has 1 aromatic carbocycles. The van der Waals surface area contributed by atoms with Crippen LogP contribution >= 0.6 is 0 Å². The Morgan fingerprint density at radius 1 is 1.03 bits per heavy atom. The number of carboxylic acid groups (broad SMARTS) is 1. The monoisotopic (exact) mass is 493 g/mol. The molecule has 1 atom stereocenters. The predicted octanol–water partition coefficient (Wildman–Crippen LogP) is 1.96. The molecule has 0 unspecified atom stereocenters. The molecule has 3 rings (SSSR count). The molecule has 0 bridgehead atoms. The molecule has 0 fully saturated rings. The number of benzene rings is 1. The summed E-state index contributed by atoms with van der Waals surface area (Å²) in [5.41, 5.74) is 0.751. The minimum atomic E-state index is -1.07. The molecule has 3 aromatic rings. The van der Waals surface area contributed by atoms with Crippen molar-refractivity contribution in [3.05, 3.63) is 76.1 Å². The van der Waals surface area contributed by atoms with Crippen LogP contribution in [-0.4, -0.2) is 51.5 Å². The summed E-state index contributed by atoms with van der Waals surface area (Å²) >= 11 is 0. The van der Waals surface area contributed by atoms with Crippen LogP contribution in [0.1, 0.15) is 47.3 Å². The first-order valence-electron chi connectivity index (χ1n) is 11.1. The van der Waals surface area contributed by atoms with Crippen molar-refractivity contribution in [2.24, 2.45) is 5.92 Å². The van der Waals surface area contributed by atoms with E-state index >= 15 is 0 Å². The van der Waals surface area contributed by atoms with E-state index < -0.39 is 34.8 Å². The number of nitrogens with one attached hydrogen (secondary N) is 3. The van der Waals surface area contributed by atoms with Gasteiger partial charge in [0, 0.05) is 30.6 Å². The minimum absolute atomic E-state index is 0.137. The number of aromatic amines is 1. The van der Waals surface area contributed by atoms with E-state index in [9.17, 15) is 19.2 Å². The van der Waals surface area contributed by atoms with Crippen molar-refractivity contribution in [3.63, 3.8) is 0 Å². The maximum absolute atomic E-state index is 12.8. The Morgan fingerprint density at radius 3 is 2.25 bits per heavy atom. The van der Waals surface area contributed by atoms with Gasteiger partial charge in [-0.15, -0.1) is 0 Å². The molecule has 0 aliphatic rings. The smallest absolute Gasteiger partial charge is 0.308 e.